The third-order valence-electron chi connectivity index (χ3n) is 1.33. The largest absolute Gasteiger partial charge is 0.302 e. The van der Waals surface area contributed by atoms with E-state index in [4.69, 9.17) is 5.41 Å². The monoisotopic (exact) mass is 226 g/mol. The van der Waals surface area contributed by atoms with Crippen molar-refractivity contribution in [2.75, 3.05) is 0 Å². The van der Waals surface area contributed by atoms with E-state index in [1.54, 1.807) is 12.1 Å². The Kier molecular flexibility index (Phi) is 2.70. The van der Waals surface area contributed by atoms with Crippen LogP contribution in [0.2, 0.25) is 0 Å². The molecule has 1 N–H and O–H groups in total. The Morgan fingerprint density at radius 3 is 2.83 bits per heavy atom. The highest BCUT2D eigenvalue weighted by Gasteiger charge is 2.07. The fourth-order valence-electron chi connectivity index (χ4n) is 0.760. The molecule has 0 aliphatic rings. The lowest BCUT2D eigenvalue weighted by atomic mass is 10.1. The molecule has 0 unspecified atom stereocenters. The van der Waals surface area contributed by atoms with Gasteiger partial charge in [-0.05, 0) is 35.0 Å². The summed E-state index contributed by atoms with van der Waals surface area (Å²) in [6.07, 6.45) is 1.53. The number of ketones is 1. The summed E-state index contributed by atoms with van der Waals surface area (Å²) in [5, 5.41) is 7.12. The minimum atomic E-state index is -0.266. The maximum Gasteiger partial charge on any atom is 0.206 e. The summed E-state index contributed by atoms with van der Waals surface area (Å²) in [4.78, 5) is 15.1. The molecule has 1 rings (SSSR count). The highest BCUT2D eigenvalue weighted by atomic mass is 79.9. The number of pyridine rings is 1. The van der Waals surface area contributed by atoms with E-state index in [9.17, 15) is 4.79 Å². The van der Waals surface area contributed by atoms with Crippen LogP contribution in [0.1, 0.15) is 17.3 Å². The van der Waals surface area contributed by atoms with Gasteiger partial charge in [-0.15, -0.1) is 0 Å². The summed E-state index contributed by atoms with van der Waals surface area (Å²) in [5.74, 6) is -0.266. The second-order valence-corrected chi connectivity index (χ2v) is 3.13. The van der Waals surface area contributed by atoms with Crippen molar-refractivity contribution in [3.63, 3.8) is 0 Å². The average molecular weight is 227 g/mol. The number of rotatable bonds is 2. The molecule has 0 aliphatic heterocycles. The van der Waals surface area contributed by atoms with E-state index in [2.05, 4.69) is 20.9 Å². The van der Waals surface area contributed by atoms with Crippen LogP contribution in [0.25, 0.3) is 0 Å². The van der Waals surface area contributed by atoms with E-state index in [0.717, 1.165) is 0 Å². The van der Waals surface area contributed by atoms with Crippen LogP contribution < -0.4 is 0 Å². The Balaban J connectivity index is 3.04. The fraction of sp³-hybridized carbons (Fsp3) is 0.125. The van der Waals surface area contributed by atoms with Crippen molar-refractivity contribution in [1.29, 1.82) is 5.41 Å². The van der Waals surface area contributed by atoms with Crippen LogP contribution in [0.5, 0.6) is 0 Å². The highest BCUT2D eigenvalue weighted by Crippen LogP contribution is 2.08. The molecule has 0 amide bonds. The summed E-state index contributed by atoms with van der Waals surface area (Å²) in [7, 11) is 0. The van der Waals surface area contributed by atoms with Crippen LogP contribution in [0.3, 0.4) is 0 Å². The maximum atomic E-state index is 11.2. The molecule has 0 saturated carbocycles. The minimum absolute atomic E-state index is 0.0353. The first-order valence-corrected chi connectivity index (χ1v) is 4.12. The molecule has 1 aromatic heterocycles. The van der Waals surface area contributed by atoms with Crippen LogP contribution >= 0.6 is 15.9 Å². The summed E-state index contributed by atoms with van der Waals surface area (Å²) in [5.41, 5.74) is 0.525. The van der Waals surface area contributed by atoms with Gasteiger partial charge in [0.05, 0.1) is 5.71 Å². The van der Waals surface area contributed by atoms with E-state index in [1.807, 2.05) is 0 Å². The molecule has 1 heterocycles. The van der Waals surface area contributed by atoms with Gasteiger partial charge in [0.15, 0.2) is 0 Å². The Morgan fingerprint density at radius 2 is 2.33 bits per heavy atom. The molecule has 3 nitrogen and oxygen atoms in total. The lowest BCUT2D eigenvalue weighted by Crippen LogP contribution is -2.08. The fourth-order valence-corrected chi connectivity index (χ4v) is 1.13. The second-order valence-electron chi connectivity index (χ2n) is 2.32. The van der Waals surface area contributed by atoms with Crippen LogP contribution in [0.4, 0.5) is 0 Å². The van der Waals surface area contributed by atoms with Crippen LogP contribution in [0.15, 0.2) is 22.9 Å². The van der Waals surface area contributed by atoms with Gasteiger partial charge in [0.2, 0.25) is 5.78 Å². The van der Waals surface area contributed by atoms with Gasteiger partial charge in [0.1, 0.15) is 4.60 Å². The summed E-state index contributed by atoms with van der Waals surface area (Å²) < 4.78 is 0.606. The predicted molar refractivity (Wildman–Crippen MR) is 49.7 cm³/mol. The van der Waals surface area contributed by atoms with Gasteiger partial charge in [-0.1, -0.05) is 0 Å². The average Bonchev–Trinajstić information content (AvgIpc) is 2.03. The molecule has 4 heteroatoms. The number of hydrogen-bond donors (Lipinski definition) is 1. The zero-order chi connectivity index (χ0) is 9.14. The number of carbonyl (C=O) groups is 1. The van der Waals surface area contributed by atoms with Gasteiger partial charge in [-0.3, -0.25) is 4.79 Å². The molecule has 12 heavy (non-hydrogen) atoms. The zero-order valence-electron chi connectivity index (χ0n) is 6.47. The maximum absolute atomic E-state index is 11.2. The summed E-state index contributed by atoms with van der Waals surface area (Å²) in [6, 6.07) is 3.19. The van der Waals surface area contributed by atoms with Gasteiger partial charge in [-0.25, -0.2) is 4.98 Å². The number of Topliss-reactive ketones (excluding diaryl/α,β-unsaturated/α-hetero) is 1. The third kappa shape index (κ3) is 1.98. The molecule has 0 saturated heterocycles. The smallest absolute Gasteiger partial charge is 0.206 e. The van der Waals surface area contributed by atoms with Crippen LogP contribution in [-0.2, 0) is 0 Å². The van der Waals surface area contributed by atoms with Gasteiger partial charge < -0.3 is 5.41 Å². The molecule has 0 aliphatic carbocycles. The van der Waals surface area contributed by atoms with Crippen molar-refractivity contribution in [2.45, 2.75) is 6.92 Å². The van der Waals surface area contributed by atoms with E-state index < -0.39 is 0 Å². The van der Waals surface area contributed by atoms with Crippen molar-refractivity contribution in [1.82, 2.24) is 4.98 Å². The number of halogens is 1. The van der Waals surface area contributed by atoms with E-state index in [0.29, 0.717) is 10.2 Å². The van der Waals surface area contributed by atoms with Crippen LogP contribution in [-0.4, -0.2) is 16.5 Å². The Morgan fingerprint density at radius 1 is 1.67 bits per heavy atom. The zero-order valence-corrected chi connectivity index (χ0v) is 8.05. The molecule has 1 aromatic rings. The van der Waals surface area contributed by atoms with Gasteiger partial charge in [-0.2, -0.15) is 0 Å². The number of carbonyl (C=O) groups excluding carboxylic acids is 1. The van der Waals surface area contributed by atoms with Gasteiger partial charge >= 0.3 is 0 Å². The number of aromatic nitrogens is 1. The standard InChI is InChI=1S/C8H7BrN2O/c1-5(10)8(12)6-2-3-11-7(9)4-6/h2-4,10H,1H3. The SMILES string of the molecule is CC(=N)C(=O)c1ccnc(Br)c1. The molecule has 0 bridgehead atoms. The normalized spacial score (nSPS) is 9.50. The molecule has 0 fully saturated rings. The van der Waals surface area contributed by atoms with Crippen molar-refractivity contribution in [2.24, 2.45) is 0 Å². The number of nitrogens with one attached hydrogen (secondary N) is 1. The van der Waals surface area contributed by atoms with Crippen molar-refractivity contribution < 1.29 is 4.79 Å². The number of nitrogens with zero attached hydrogens (tertiary/aromatic N) is 1. The second kappa shape index (κ2) is 3.58. The first kappa shape index (κ1) is 9.06. The molecule has 0 radical (unpaired) electrons. The lowest BCUT2D eigenvalue weighted by Gasteiger charge is -1.97. The molecule has 0 atom stereocenters. The quantitative estimate of drug-likeness (QED) is 0.477. The molecule has 0 aromatic carbocycles. The lowest BCUT2D eigenvalue weighted by molar-refractivity contribution is 0.106. The minimum Gasteiger partial charge on any atom is -0.302 e. The topological polar surface area (TPSA) is 53.8 Å². The highest BCUT2D eigenvalue weighted by molar-refractivity contribution is 9.10. The van der Waals surface area contributed by atoms with E-state index in [1.165, 1.54) is 13.1 Å². The van der Waals surface area contributed by atoms with Gasteiger partial charge in [0.25, 0.3) is 0 Å². The third-order valence-corrected chi connectivity index (χ3v) is 1.76. The van der Waals surface area contributed by atoms with E-state index >= 15 is 0 Å². The Hall–Kier alpha value is -1.03. The molecular formula is C8H7BrN2O. The van der Waals surface area contributed by atoms with Crippen molar-refractivity contribution in [3.8, 4) is 0 Å². The van der Waals surface area contributed by atoms with Crippen molar-refractivity contribution in [3.05, 3.63) is 28.5 Å². The predicted octanol–water partition coefficient (Wildman–Crippen LogP) is 2.07. The van der Waals surface area contributed by atoms with Crippen molar-refractivity contribution >= 4 is 27.4 Å². The Bertz CT molecular complexity index is 336. The molecular weight excluding hydrogens is 220 g/mol. The first-order valence-electron chi connectivity index (χ1n) is 3.32. The number of hydrogen-bond acceptors (Lipinski definition) is 3. The molecule has 0 spiro atoms. The van der Waals surface area contributed by atoms with E-state index in [-0.39, 0.29) is 11.5 Å². The van der Waals surface area contributed by atoms with Gasteiger partial charge in [0, 0.05) is 11.8 Å². The first-order chi connectivity index (χ1) is 5.61. The van der Waals surface area contributed by atoms with Crippen LogP contribution in [0, 0.1) is 5.41 Å². The summed E-state index contributed by atoms with van der Waals surface area (Å²) in [6.45, 7) is 1.47. The molecule has 62 valence electrons. The summed E-state index contributed by atoms with van der Waals surface area (Å²) >= 11 is 3.15. The Labute approximate surface area is 78.5 Å².